The second-order valence-corrected chi connectivity index (χ2v) is 7.52. The Hall–Kier alpha value is -3.63. The van der Waals surface area contributed by atoms with E-state index < -0.39 is 0 Å². The van der Waals surface area contributed by atoms with Crippen LogP contribution in [0.2, 0.25) is 0 Å². The lowest BCUT2D eigenvalue weighted by Gasteiger charge is -2.10. The summed E-state index contributed by atoms with van der Waals surface area (Å²) in [6, 6.07) is 28.1. The topological polar surface area (TPSA) is 53.7 Å². The lowest BCUT2D eigenvalue weighted by atomic mass is 10.0. The maximum atomic E-state index is 12.4. The Bertz CT molecular complexity index is 1100. The van der Waals surface area contributed by atoms with Crippen molar-refractivity contribution >= 4 is 17.3 Å². The Balaban J connectivity index is 0.00000119. The van der Waals surface area contributed by atoms with Crippen LogP contribution in [0.3, 0.4) is 0 Å². The number of ether oxygens (including phenoxy) is 1. The second-order valence-electron chi connectivity index (χ2n) is 7.52. The second kappa shape index (κ2) is 10.1. The van der Waals surface area contributed by atoms with Gasteiger partial charge in [-0.15, -0.1) is 0 Å². The molecule has 2 N–H and O–H groups in total. The van der Waals surface area contributed by atoms with Gasteiger partial charge in [-0.25, -0.2) is 0 Å². The minimum Gasteiger partial charge on any atom is -0.359 e. The number of para-hydroxylation sites is 1. The molecule has 1 aliphatic heterocycles. The van der Waals surface area contributed by atoms with Gasteiger partial charge < -0.3 is 15.4 Å². The number of anilines is 2. The van der Waals surface area contributed by atoms with E-state index in [9.17, 15) is 4.79 Å². The van der Waals surface area contributed by atoms with Gasteiger partial charge in [0.1, 0.15) is 12.2 Å². The third kappa shape index (κ3) is 5.16. The number of rotatable bonds is 6. The van der Waals surface area contributed by atoms with Gasteiger partial charge in [0.25, 0.3) is 5.91 Å². The molecule has 4 heteroatoms. The molecule has 2 unspecified atom stereocenters. The molecule has 1 saturated heterocycles. The predicted octanol–water partition coefficient (Wildman–Crippen LogP) is 6.79. The third-order valence-corrected chi connectivity index (χ3v) is 5.35. The van der Waals surface area contributed by atoms with E-state index in [0.717, 1.165) is 22.6 Å². The van der Waals surface area contributed by atoms with Crippen LogP contribution in [0, 0.1) is 0 Å². The normalized spacial score (nSPS) is 18.6. The van der Waals surface area contributed by atoms with Gasteiger partial charge in [-0.2, -0.15) is 0 Å². The molecule has 1 fully saturated rings. The predicted molar refractivity (Wildman–Crippen MR) is 130 cm³/mol. The van der Waals surface area contributed by atoms with Crippen molar-refractivity contribution in [2.24, 2.45) is 0 Å². The minimum atomic E-state index is -0.0672. The molecule has 0 radical (unpaired) electrons. The lowest BCUT2D eigenvalue weighted by molar-refractivity contribution is -0.112. The Labute approximate surface area is 189 Å². The van der Waals surface area contributed by atoms with Crippen LogP contribution in [0.15, 0.2) is 108 Å². The molecule has 3 aromatic rings. The fraction of sp³-hybridized carbons (Fsp3) is 0.179. The lowest BCUT2D eigenvalue weighted by Crippen LogP contribution is -2.14. The van der Waals surface area contributed by atoms with Gasteiger partial charge in [-0.3, -0.25) is 4.79 Å². The third-order valence-electron chi connectivity index (χ3n) is 5.35. The summed E-state index contributed by atoms with van der Waals surface area (Å²) in [6.45, 7) is 4.00. The highest BCUT2D eigenvalue weighted by molar-refractivity contribution is 6.04. The Kier molecular flexibility index (Phi) is 6.83. The molecule has 5 rings (SSSR count). The number of epoxide rings is 1. The molecule has 0 saturated carbocycles. The van der Waals surface area contributed by atoms with Crippen molar-refractivity contribution in [3.05, 3.63) is 119 Å². The summed E-state index contributed by atoms with van der Waals surface area (Å²) in [5, 5.41) is 6.34. The van der Waals surface area contributed by atoms with Gasteiger partial charge >= 0.3 is 0 Å². The minimum absolute atomic E-state index is 0.0672. The van der Waals surface area contributed by atoms with Crippen LogP contribution in [-0.2, 0) is 9.53 Å². The molecule has 1 heterocycles. The first kappa shape index (κ1) is 21.6. The molecular formula is C28H28N2O2. The van der Waals surface area contributed by atoms with E-state index in [-0.39, 0.29) is 18.1 Å². The van der Waals surface area contributed by atoms with Crippen molar-refractivity contribution in [2.45, 2.75) is 32.5 Å². The Morgan fingerprint density at radius 2 is 1.34 bits per heavy atom. The smallest absolute Gasteiger partial charge is 0.251 e. The molecule has 2 atom stereocenters. The molecule has 1 amide bonds. The molecule has 32 heavy (non-hydrogen) atoms. The summed E-state index contributed by atoms with van der Waals surface area (Å²) in [5.74, 6) is -0.0672. The van der Waals surface area contributed by atoms with Crippen LogP contribution in [0.4, 0.5) is 11.4 Å². The summed E-state index contributed by atoms with van der Waals surface area (Å²) in [4.78, 5) is 12.4. The summed E-state index contributed by atoms with van der Waals surface area (Å²) in [7, 11) is 0. The van der Waals surface area contributed by atoms with E-state index in [4.69, 9.17) is 4.74 Å². The van der Waals surface area contributed by atoms with Crippen molar-refractivity contribution in [1.82, 2.24) is 0 Å². The number of carbonyl (C=O) groups is 1. The number of amides is 1. The molecule has 0 aromatic heterocycles. The molecule has 4 nitrogen and oxygen atoms in total. The van der Waals surface area contributed by atoms with E-state index >= 15 is 0 Å². The summed E-state index contributed by atoms with van der Waals surface area (Å²) in [6.07, 6.45) is 4.70. The fourth-order valence-corrected chi connectivity index (χ4v) is 3.70. The number of hydrogen-bond acceptors (Lipinski definition) is 3. The van der Waals surface area contributed by atoms with Gasteiger partial charge in [0, 0.05) is 29.1 Å². The maximum absolute atomic E-state index is 12.4. The average Bonchev–Trinajstić information content (AvgIpc) is 3.52. The molecule has 0 spiro atoms. The van der Waals surface area contributed by atoms with E-state index in [1.54, 1.807) is 0 Å². The Morgan fingerprint density at radius 1 is 0.750 bits per heavy atom. The van der Waals surface area contributed by atoms with Crippen LogP contribution in [-0.4, -0.2) is 5.91 Å². The summed E-state index contributed by atoms with van der Waals surface area (Å²) < 4.78 is 5.87. The van der Waals surface area contributed by atoms with Crippen molar-refractivity contribution in [1.29, 1.82) is 0 Å². The zero-order chi connectivity index (χ0) is 22.3. The van der Waals surface area contributed by atoms with Gasteiger partial charge in [0.15, 0.2) is 0 Å². The van der Waals surface area contributed by atoms with E-state index in [1.807, 2.05) is 74.5 Å². The average molecular weight is 425 g/mol. The van der Waals surface area contributed by atoms with Crippen LogP contribution in [0.25, 0.3) is 0 Å². The molecule has 0 bridgehead atoms. The van der Waals surface area contributed by atoms with E-state index in [1.165, 1.54) is 11.1 Å². The number of hydrogen-bond donors (Lipinski definition) is 2. The fourth-order valence-electron chi connectivity index (χ4n) is 3.70. The zero-order valence-electron chi connectivity index (χ0n) is 18.4. The standard InChI is InChI=1S/C26H22N2O2.C2H6/c29-26(28-21-9-5-2-6-10-21)20-13-16-23(17-20)27-22-14-11-19(12-15-22)25-24(30-25)18-7-3-1-4-8-18;1-2/h1-16,24-25,27H,17H2,(H,28,29);1-2H3. The quantitative estimate of drug-likeness (QED) is 0.428. The van der Waals surface area contributed by atoms with Gasteiger partial charge in [0.2, 0.25) is 0 Å². The highest BCUT2D eigenvalue weighted by Gasteiger charge is 2.41. The Morgan fingerprint density at radius 3 is 2.00 bits per heavy atom. The van der Waals surface area contributed by atoms with Crippen LogP contribution in [0.5, 0.6) is 0 Å². The molecular weight excluding hydrogens is 396 g/mol. The molecule has 162 valence electrons. The van der Waals surface area contributed by atoms with E-state index in [0.29, 0.717) is 6.42 Å². The molecule has 1 aliphatic carbocycles. The molecule has 3 aromatic carbocycles. The number of carbonyl (C=O) groups excluding carboxylic acids is 1. The van der Waals surface area contributed by atoms with E-state index in [2.05, 4.69) is 47.0 Å². The number of nitrogens with one attached hydrogen (secondary N) is 2. The van der Waals surface area contributed by atoms with Crippen molar-refractivity contribution < 1.29 is 9.53 Å². The monoisotopic (exact) mass is 424 g/mol. The number of benzene rings is 3. The van der Waals surface area contributed by atoms with Crippen LogP contribution >= 0.6 is 0 Å². The van der Waals surface area contributed by atoms with Gasteiger partial charge in [0.05, 0.1) is 0 Å². The largest absolute Gasteiger partial charge is 0.359 e. The zero-order valence-corrected chi connectivity index (χ0v) is 18.4. The van der Waals surface area contributed by atoms with Crippen LogP contribution in [0.1, 0.15) is 43.6 Å². The summed E-state index contributed by atoms with van der Waals surface area (Å²) in [5.41, 5.74) is 5.95. The van der Waals surface area contributed by atoms with Gasteiger partial charge in [-0.1, -0.05) is 80.6 Å². The summed E-state index contributed by atoms with van der Waals surface area (Å²) >= 11 is 0. The van der Waals surface area contributed by atoms with Crippen molar-refractivity contribution in [2.75, 3.05) is 10.6 Å². The first-order valence-electron chi connectivity index (χ1n) is 11.1. The van der Waals surface area contributed by atoms with Crippen molar-refractivity contribution in [3.8, 4) is 0 Å². The van der Waals surface area contributed by atoms with Crippen LogP contribution < -0.4 is 10.6 Å². The highest BCUT2D eigenvalue weighted by atomic mass is 16.6. The first-order valence-corrected chi connectivity index (χ1v) is 11.1. The molecule has 2 aliphatic rings. The van der Waals surface area contributed by atoms with Crippen molar-refractivity contribution in [3.63, 3.8) is 0 Å². The first-order chi connectivity index (χ1) is 15.8. The highest BCUT2D eigenvalue weighted by Crippen LogP contribution is 2.50. The van der Waals surface area contributed by atoms with Gasteiger partial charge in [-0.05, 0) is 41.5 Å². The maximum Gasteiger partial charge on any atom is 0.251 e. The SMILES string of the molecule is CC.O=C(Nc1ccccc1)C1=CC=C(Nc2ccc(C3OC3c3ccccc3)cc2)C1. The number of allylic oxidation sites excluding steroid dienone is 3.